The average Bonchev–Trinajstić information content (AvgIpc) is 2.48. The molecule has 114 valence electrons. The number of ether oxygens (including phenoxy) is 1. The Kier molecular flexibility index (Phi) is 3.39. The number of alkyl halides is 3. The maximum Gasteiger partial charge on any atom is 0.419 e. The van der Waals surface area contributed by atoms with Crippen molar-refractivity contribution in [3.8, 4) is 5.75 Å². The third-order valence-electron chi connectivity index (χ3n) is 3.32. The highest BCUT2D eigenvalue weighted by atomic mass is 19.4. The fraction of sp³-hybridized carbons (Fsp3) is 0.125. The highest BCUT2D eigenvalue weighted by Gasteiger charge is 2.36. The lowest BCUT2D eigenvalue weighted by Gasteiger charge is -2.19. The molecule has 0 bridgehead atoms. The fourth-order valence-corrected chi connectivity index (χ4v) is 2.25. The highest BCUT2D eigenvalue weighted by Crippen LogP contribution is 2.36. The Bertz CT molecular complexity index is 762. The van der Waals surface area contributed by atoms with E-state index in [1.807, 2.05) is 6.07 Å². The molecular formula is C16H9F5O. The van der Waals surface area contributed by atoms with E-state index in [4.69, 9.17) is 4.74 Å². The molecule has 2 aromatic rings. The van der Waals surface area contributed by atoms with Gasteiger partial charge in [-0.2, -0.15) is 13.2 Å². The van der Waals surface area contributed by atoms with Crippen LogP contribution in [0.25, 0.3) is 5.76 Å². The van der Waals surface area contributed by atoms with Gasteiger partial charge in [-0.15, -0.1) is 0 Å². The largest absolute Gasteiger partial charge is 0.457 e. The summed E-state index contributed by atoms with van der Waals surface area (Å²) < 4.78 is 70.5. The van der Waals surface area contributed by atoms with Crippen LogP contribution in [-0.4, -0.2) is 0 Å². The summed E-state index contributed by atoms with van der Waals surface area (Å²) in [5, 5.41) is 0. The molecule has 0 amide bonds. The second kappa shape index (κ2) is 5.12. The van der Waals surface area contributed by atoms with E-state index in [9.17, 15) is 22.0 Å². The van der Waals surface area contributed by atoms with Crippen molar-refractivity contribution in [3.05, 3.63) is 70.8 Å². The van der Waals surface area contributed by atoms with Crippen molar-refractivity contribution in [2.45, 2.75) is 12.6 Å². The Morgan fingerprint density at radius 3 is 2.45 bits per heavy atom. The van der Waals surface area contributed by atoms with E-state index in [1.54, 1.807) is 18.2 Å². The molecule has 1 heterocycles. The van der Waals surface area contributed by atoms with Gasteiger partial charge in [0.05, 0.1) is 5.56 Å². The number of hydrogen-bond acceptors (Lipinski definition) is 1. The molecule has 1 aliphatic heterocycles. The van der Waals surface area contributed by atoms with Crippen LogP contribution in [0.1, 0.15) is 16.7 Å². The Labute approximate surface area is 122 Å². The summed E-state index contributed by atoms with van der Waals surface area (Å²) in [6.07, 6.45) is -3.00. The lowest BCUT2D eigenvalue weighted by molar-refractivity contribution is -0.140. The Morgan fingerprint density at radius 1 is 1.00 bits per heavy atom. The van der Waals surface area contributed by atoms with Crippen LogP contribution in [0.15, 0.2) is 42.5 Å². The van der Waals surface area contributed by atoms with Crippen LogP contribution < -0.4 is 4.74 Å². The van der Waals surface area contributed by atoms with Gasteiger partial charge in [-0.25, -0.2) is 8.78 Å². The van der Waals surface area contributed by atoms with E-state index in [0.717, 1.165) is 5.56 Å². The second-order valence-corrected chi connectivity index (χ2v) is 4.80. The lowest BCUT2D eigenvalue weighted by atomic mass is 10.0. The van der Waals surface area contributed by atoms with Crippen LogP contribution in [-0.2, 0) is 12.6 Å². The first-order chi connectivity index (χ1) is 10.4. The zero-order valence-corrected chi connectivity index (χ0v) is 11.0. The number of hydrogen-bond donors (Lipinski definition) is 0. The molecule has 0 saturated carbocycles. The zero-order chi connectivity index (χ0) is 15.9. The first-order valence-electron chi connectivity index (χ1n) is 6.39. The zero-order valence-electron chi connectivity index (χ0n) is 11.0. The van der Waals surface area contributed by atoms with Gasteiger partial charge in [0.15, 0.2) is 11.6 Å². The van der Waals surface area contributed by atoms with E-state index < -0.39 is 23.4 Å². The summed E-state index contributed by atoms with van der Waals surface area (Å²) in [7, 11) is 0. The number of fused-ring (bicyclic) bond motifs is 1. The minimum Gasteiger partial charge on any atom is -0.457 e. The van der Waals surface area contributed by atoms with Crippen molar-refractivity contribution in [2.75, 3.05) is 0 Å². The predicted octanol–water partition coefficient (Wildman–Crippen LogP) is 4.96. The van der Waals surface area contributed by atoms with Crippen molar-refractivity contribution in [1.29, 1.82) is 0 Å². The third kappa shape index (κ3) is 2.56. The number of benzene rings is 2. The molecule has 6 heteroatoms. The van der Waals surface area contributed by atoms with Crippen molar-refractivity contribution in [1.82, 2.24) is 0 Å². The standard InChI is InChI=1S/C16H9F5O/c17-12-8-10(7-11(15(12)18)16(19,20)21)14-6-5-9-3-1-2-4-13(9)22-14/h1-4,6-8H,5H2. The van der Waals surface area contributed by atoms with Gasteiger partial charge >= 0.3 is 6.18 Å². The normalized spacial score (nSPS) is 14.1. The minimum atomic E-state index is -4.98. The van der Waals surface area contributed by atoms with Gasteiger partial charge in [-0.1, -0.05) is 18.2 Å². The van der Waals surface area contributed by atoms with Crippen LogP contribution in [0.2, 0.25) is 0 Å². The Hall–Kier alpha value is -2.37. The van der Waals surface area contributed by atoms with Crippen LogP contribution in [0, 0.1) is 11.6 Å². The molecule has 0 unspecified atom stereocenters. The number of halogens is 5. The van der Waals surface area contributed by atoms with Crippen molar-refractivity contribution in [3.63, 3.8) is 0 Å². The molecule has 0 aromatic heterocycles. The van der Waals surface area contributed by atoms with Crippen LogP contribution in [0.3, 0.4) is 0 Å². The molecule has 0 spiro atoms. The minimum absolute atomic E-state index is 0.0723. The van der Waals surface area contributed by atoms with E-state index in [0.29, 0.717) is 24.3 Å². The summed E-state index contributed by atoms with van der Waals surface area (Å²) in [5.41, 5.74) is -0.934. The second-order valence-electron chi connectivity index (χ2n) is 4.80. The van der Waals surface area contributed by atoms with Gasteiger partial charge in [-0.3, -0.25) is 0 Å². The average molecular weight is 312 g/mol. The molecule has 3 rings (SSSR count). The summed E-state index contributed by atoms with van der Waals surface area (Å²) in [6.45, 7) is 0. The first kappa shape index (κ1) is 14.6. The van der Waals surface area contributed by atoms with Crippen LogP contribution in [0.4, 0.5) is 22.0 Å². The monoisotopic (exact) mass is 312 g/mol. The van der Waals surface area contributed by atoms with E-state index in [-0.39, 0.29) is 11.3 Å². The van der Waals surface area contributed by atoms with E-state index in [2.05, 4.69) is 0 Å². The Morgan fingerprint density at radius 2 is 1.73 bits per heavy atom. The summed E-state index contributed by atoms with van der Waals surface area (Å²) >= 11 is 0. The van der Waals surface area contributed by atoms with E-state index in [1.165, 1.54) is 6.08 Å². The molecule has 0 atom stereocenters. The molecule has 0 saturated heterocycles. The van der Waals surface area contributed by atoms with E-state index >= 15 is 0 Å². The maximum atomic E-state index is 13.5. The molecule has 22 heavy (non-hydrogen) atoms. The molecule has 0 N–H and O–H groups in total. The molecule has 0 radical (unpaired) electrons. The fourth-order valence-electron chi connectivity index (χ4n) is 2.25. The lowest BCUT2D eigenvalue weighted by Crippen LogP contribution is -2.12. The summed E-state index contributed by atoms with van der Waals surface area (Å²) in [4.78, 5) is 0. The van der Waals surface area contributed by atoms with Gasteiger partial charge in [-0.05, 0) is 36.3 Å². The third-order valence-corrected chi connectivity index (χ3v) is 3.32. The smallest absolute Gasteiger partial charge is 0.419 e. The van der Waals surface area contributed by atoms with Crippen LogP contribution in [0.5, 0.6) is 5.75 Å². The van der Waals surface area contributed by atoms with Gasteiger partial charge in [0.2, 0.25) is 0 Å². The molecule has 0 fully saturated rings. The highest BCUT2D eigenvalue weighted by molar-refractivity contribution is 5.66. The maximum absolute atomic E-state index is 13.5. The SMILES string of the molecule is Fc1cc(C2=CCc3ccccc3O2)cc(C(F)(F)F)c1F. The van der Waals surface area contributed by atoms with Gasteiger partial charge < -0.3 is 4.74 Å². The van der Waals surface area contributed by atoms with Crippen molar-refractivity contribution < 1.29 is 26.7 Å². The first-order valence-corrected chi connectivity index (χ1v) is 6.39. The summed E-state index contributed by atoms with van der Waals surface area (Å²) in [5.74, 6) is -2.91. The quantitative estimate of drug-likeness (QED) is 0.676. The molecule has 2 aromatic carbocycles. The number of allylic oxidation sites excluding steroid dienone is 1. The molecule has 0 aliphatic carbocycles. The molecule has 1 aliphatic rings. The topological polar surface area (TPSA) is 9.23 Å². The summed E-state index contributed by atoms with van der Waals surface area (Å²) in [6, 6.07) is 8.25. The van der Waals surface area contributed by atoms with Crippen molar-refractivity contribution in [2.24, 2.45) is 0 Å². The predicted molar refractivity (Wildman–Crippen MR) is 70.1 cm³/mol. The van der Waals surface area contributed by atoms with Gasteiger partial charge in [0.1, 0.15) is 11.5 Å². The molecular weight excluding hydrogens is 303 g/mol. The molecule has 1 nitrogen and oxygen atoms in total. The number of rotatable bonds is 1. The van der Waals surface area contributed by atoms with Crippen molar-refractivity contribution >= 4 is 5.76 Å². The van der Waals surface area contributed by atoms with Gasteiger partial charge in [0.25, 0.3) is 0 Å². The number of para-hydroxylation sites is 1. The van der Waals surface area contributed by atoms with Gasteiger partial charge in [0, 0.05) is 5.56 Å². The van der Waals surface area contributed by atoms with Crippen LogP contribution >= 0.6 is 0 Å². The Balaban J connectivity index is 2.04.